The predicted molar refractivity (Wildman–Crippen MR) is 89.3 cm³/mol. The van der Waals surface area contributed by atoms with E-state index in [1.165, 1.54) is 17.4 Å². The maximum absolute atomic E-state index is 13.8. The zero-order valence-corrected chi connectivity index (χ0v) is 14.3. The average molecular weight is 337 g/mol. The summed E-state index contributed by atoms with van der Waals surface area (Å²) in [5, 5.41) is 3.20. The zero-order valence-electron chi connectivity index (χ0n) is 13.4. The van der Waals surface area contributed by atoms with Crippen LogP contribution in [0, 0.1) is 12.7 Å². The van der Waals surface area contributed by atoms with Gasteiger partial charge in [-0.2, -0.15) is 0 Å². The molecule has 0 aliphatic carbocycles. The molecule has 1 atom stereocenters. The molecule has 0 saturated heterocycles. The fourth-order valence-electron chi connectivity index (χ4n) is 2.47. The highest BCUT2D eigenvalue weighted by molar-refractivity contribution is 7.21. The molecule has 1 N–H and O–H groups in total. The highest BCUT2D eigenvalue weighted by Crippen LogP contribution is 2.32. The summed E-state index contributed by atoms with van der Waals surface area (Å²) in [6, 6.07) is 4.77. The first-order valence-corrected chi connectivity index (χ1v) is 8.39. The highest BCUT2D eigenvalue weighted by atomic mass is 32.1. The molecule has 6 heteroatoms. The molecule has 0 radical (unpaired) electrons. The zero-order chi connectivity index (χ0) is 17.0. The lowest BCUT2D eigenvalue weighted by atomic mass is 10.1. The van der Waals surface area contributed by atoms with E-state index in [1.807, 2.05) is 13.8 Å². The van der Waals surface area contributed by atoms with Gasteiger partial charge in [-0.05, 0) is 38.0 Å². The molecule has 23 heavy (non-hydrogen) atoms. The maximum Gasteiger partial charge on any atom is 0.349 e. The van der Waals surface area contributed by atoms with Crippen LogP contribution in [0.3, 0.4) is 0 Å². The predicted octanol–water partition coefficient (Wildman–Crippen LogP) is 3.81. The number of amides is 1. The molecule has 1 aromatic carbocycles. The second-order valence-corrected chi connectivity index (χ2v) is 6.55. The summed E-state index contributed by atoms with van der Waals surface area (Å²) in [6.45, 7) is 5.29. The van der Waals surface area contributed by atoms with Crippen LogP contribution in [0.5, 0.6) is 0 Å². The van der Waals surface area contributed by atoms with Gasteiger partial charge < -0.3 is 10.1 Å². The lowest BCUT2D eigenvalue weighted by molar-refractivity contribution is -0.124. The van der Waals surface area contributed by atoms with Gasteiger partial charge in [0.25, 0.3) is 5.91 Å². The standard InChI is InChI=1S/C17H20FNO3S/c1-4-6-10(2)19-14(20)9-22-17(21)16-11(3)15-12(18)7-5-8-13(15)23-16/h5,7-8,10H,4,6,9H2,1-3H3,(H,19,20). The van der Waals surface area contributed by atoms with Gasteiger partial charge in [0, 0.05) is 16.1 Å². The molecule has 2 aromatic rings. The smallest absolute Gasteiger partial charge is 0.349 e. The summed E-state index contributed by atoms with van der Waals surface area (Å²) in [5.74, 6) is -1.29. The minimum Gasteiger partial charge on any atom is -0.451 e. The van der Waals surface area contributed by atoms with Crippen LogP contribution in [0.1, 0.15) is 41.9 Å². The van der Waals surface area contributed by atoms with Gasteiger partial charge in [-0.15, -0.1) is 11.3 Å². The van der Waals surface area contributed by atoms with Gasteiger partial charge in [-0.3, -0.25) is 4.79 Å². The Morgan fingerprint density at radius 3 is 2.78 bits per heavy atom. The molecule has 1 aromatic heterocycles. The highest BCUT2D eigenvalue weighted by Gasteiger charge is 2.20. The Morgan fingerprint density at radius 1 is 1.39 bits per heavy atom. The second kappa shape index (κ2) is 7.55. The molecule has 2 rings (SSSR count). The Morgan fingerprint density at radius 2 is 2.13 bits per heavy atom. The number of esters is 1. The number of nitrogens with one attached hydrogen (secondary N) is 1. The Kier molecular flexibility index (Phi) is 5.71. The summed E-state index contributed by atoms with van der Waals surface area (Å²) in [6.07, 6.45) is 1.84. The Hall–Kier alpha value is -1.95. The molecule has 0 aliphatic heterocycles. The summed E-state index contributed by atoms with van der Waals surface area (Å²) in [7, 11) is 0. The molecule has 4 nitrogen and oxygen atoms in total. The van der Waals surface area contributed by atoms with E-state index in [4.69, 9.17) is 4.74 Å². The minimum atomic E-state index is -0.596. The molecule has 1 heterocycles. The number of aryl methyl sites for hydroxylation is 1. The number of halogens is 1. The first-order chi connectivity index (χ1) is 10.9. The van der Waals surface area contributed by atoms with E-state index in [2.05, 4.69) is 5.32 Å². The van der Waals surface area contributed by atoms with E-state index in [1.54, 1.807) is 19.1 Å². The maximum atomic E-state index is 13.8. The Labute approximate surface area is 138 Å². The number of hydrogen-bond donors (Lipinski definition) is 1. The third-order valence-electron chi connectivity index (χ3n) is 3.55. The number of rotatable bonds is 6. The lowest BCUT2D eigenvalue weighted by Crippen LogP contribution is -2.35. The van der Waals surface area contributed by atoms with Crippen molar-refractivity contribution in [2.75, 3.05) is 6.61 Å². The number of fused-ring (bicyclic) bond motifs is 1. The molecule has 0 saturated carbocycles. The number of thiophene rings is 1. The first-order valence-electron chi connectivity index (χ1n) is 7.58. The number of benzene rings is 1. The summed E-state index contributed by atoms with van der Waals surface area (Å²) < 4.78 is 19.6. The van der Waals surface area contributed by atoms with E-state index < -0.39 is 5.97 Å². The summed E-state index contributed by atoms with van der Waals surface area (Å²) >= 11 is 1.17. The van der Waals surface area contributed by atoms with Crippen molar-refractivity contribution in [3.8, 4) is 0 Å². The number of hydrogen-bond acceptors (Lipinski definition) is 4. The van der Waals surface area contributed by atoms with Crippen LogP contribution in [0.25, 0.3) is 10.1 Å². The fourth-order valence-corrected chi connectivity index (χ4v) is 3.58. The molecule has 0 aliphatic rings. The van der Waals surface area contributed by atoms with Crippen LogP contribution in [-0.4, -0.2) is 24.5 Å². The van der Waals surface area contributed by atoms with Gasteiger partial charge in [-0.25, -0.2) is 9.18 Å². The van der Waals surface area contributed by atoms with E-state index in [-0.39, 0.29) is 24.4 Å². The number of carbonyl (C=O) groups is 2. The fraction of sp³-hybridized carbons (Fsp3) is 0.412. The monoisotopic (exact) mass is 337 g/mol. The molecular formula is C17H20FNO3S. The van der Waals surface area contributed by atoms with Crippen molar-refractivity contribution in [3.63, 3.8) is 0 Å². The van der Waals surface area contributed by atoms with Crippen LogP contribution in [0.15, 0.2) is 18.2 Å². The van der Waals surface area contributed by atoms with E-state index in [0.29, 0.717) is 20.5 Å². The van der Waals surface area contributed by atoms with Crippen LogP contribution in [0.4, 0.5) is 4.39 Å². The molecule has 124 valence electrons. The van der Waals surface area contributed by atoms with Crippen LogP contribution in [-0.2, 0) is 9.53 Å². The van der Waals surface area contributed by atoms with Crippen molar-refractivity contribution in [3.05, 3.63) is 34.5 Å². The molecule has 1 amide bonds. The third kappa shape index (κ3) is 4.07. The van der Waals surface area contributed by atoms with Crippen molar-refractivity contribution in [2.24, 2.45) is 0 Å². The van der Waals surface area contributed by atoms with Crippen molar-refractivity contribution < 1.29 is 18.7 Å². The lowest BCUT2D eigenvalue weighted by Gasteiger charge is -2.12. The van der Waals surface area contributed by atoms with Crippen LogP contribution in [0.2, 0.25) is 0 Å². The van der Waals surface area contributed by atoms with Gasteiger partial charge in [-0.1, -0.05) is 19.4 Å². The quantitative estimate of drug-likeness (QED) is 0.816. The molecular weight excluding hydrogens is 317 g/mol. The van der Waals surface area contributed by atoms with Gasteiger partial charge in [0.05, 0.1) is 0 Å². The van der Waals surface area contributed by atoms with E-state index in [9.17, 15) is 14.0 Å². The first kappa shape index (κ1) is 17.4. The van der Waals surface area contributed by atoms with Crippen LogP contribution < -0.4 is 5.32 Å². The number of carbonyl (C=O) groups excluding carboxylic acids is 2. The van der Waals surface area contributed by atoms with Crippen molar-refractivity contribution in [1.29, 1.82) is 0 Å². The molecule has 1 unspecified atom stereocenters. The van der Waals surface area contributed by atoms with Crippen molar-refractivity contribution >= 4 is 33.3 Å². The molecule has 0 bridgehead atoms. The summed E-state index contributed by atoms with van der Waals surface area (Å²) in [5.41, 5.74) is 0.549. The van der Waals surface area contributed by atoms with Crippen LogP contribution >= 0.6 is 11.3 Å². The Balaban J connectivity index is 2.03. The molecule has 0 spiro atoms. The third-order valence-corrected chi connectivity index (χ3v) is 4.79. The van der Waals surface area contributed by atoms with Gasteiger partial charge in [0.2, 0.25) is 0 Å². The largest absolute Gasteiger partial charge is 0.451 e. The topological polar surface area (TPSA) is 55.4 Å². The normalized spacial score (nSPS) is 12.2. The van der Waals surface area contributed by atoms with E-state index >= 15 is 0 Å². The van der Waals surface area contributed by atoms with E-state index in [0.717, 1.165) is 12.8 Å². The Bertz CT molecular complexity index is 726. The molecule has 0 fully saturated rings. The number of ether oxygens (including phenoxy) is 1. The van der Waals surface area contributed by atoms with Gasteiger partial charge >= 0.3 is 5.97 Å². The van der Waals surface area contributed by atoms with Crippen molar-refractivity contribution in [2.45, 2.75) is 39.7 Å². The van der Waals surface area contributed by atoms with Crippen molar-refractivity contribution in [1.82, 2.24) is 5.32 Å². The minimum absolute atomic E-state index is 0.0476. The second-order valence-electron chi connectivity index (χ2n) is 5.50. The average Bonchev–Trinajstić information content (AvgIpc) is 2.83. The van der Waals surface area contributed by atoms with Gasteiger partial charge in [0.15, 0.2) is 6.61 Å². The SMILES string of the molecule is CCCC(C)NC(=O)COC(=O)c1sc2cccc(F)c2c1C. The summed E-state index contributed by atoms with van der Waals surface area (Å²) in [4.78, 5) is 24.2. The van der Waals surface area contributed by atoms with Gasteiger partial charge in [0.1, 0.15) is 10.7 Å².